The molecule has 0 aromatic rings. The van der Waals surface area contributed by atoms with Crippen molar-refractivity contribution in [2.24, 2.45) is 28.6 Å². The lowest BCUT2D eigenvalue weighted by molar-refractivity contribution is 0.0158. The largest absolute Gasteiger partial charge is 0.510 e. The Hall–Kier alpha value is -0.500. The molecule has 0 aliphatic heterocycles. The van der Waals surface area contributed by atoms with E-state index in [4.69, 9.17) is 0 Å². The maximum Gasteiger partial charge on any atom is 0.118 e. The van der Waals surface area contributed by atoms with Crippen LogP contribution in [0.4, 0.5) is 0 Å². The molecule has 0 spiro atoms. The highest BCUT2D eigenvalue weighted by Gasteiger charge is 2.41. The summed E-state index contributed by atoms with van der Waals surface area (Å²) in [5.74, 6) is 1.41. The normalized spacial score (nSPS) is 31.8. The fraction of sp³-hybridized carbons (Fsp3) is 0.889. The molecule has 0 amide bonds. The third-order valence-corrected chi connectivity index (χ3v) is 4.84. The molecule has 0 aromatic carbocycles. The Labute approximate surface area is 125 Å². The zero-order valence-corrected chi connectivity index (χ0v) is 14.4. The highest BCUT2D eigenvalue weighted by molar-refractivity contribution is 5.14. The minimum absolute atomic E-state index is 0.0375. The Morgan fingerprint density at radius 1 is 1.30 bits per heavy atom. The van der Waals surface area contributed by atoms with Crippen LogP contribution in [0, 0.1) is 28.6 Å². The first-order valence-electron chi connectivity index (χ1n) is 8.04. The number of allylic oxidation sites excluding steroid dienone is 1. The molecule has 0 bridgehead atoms. The van der Waals surface area contributed by atoms with E-state index in [9.17, 15) is 10.2 Å². The average molecular weight is 282 g/mol. The molecule has 2 N–H and O–H groups in total. The van der Waals surface area contributed by atoms with Gasteiger partial charge in [-0.3, -0.25) is 0 Å². The van der Waals surface area contributed by atoms with Crippen molar-refractivity contribution in [1.29, 1.82) is 0 Å². The van der Waals surface area contributed by atoms with E-state index in [1.54, 1.807) is 0 Å². The lowest BCUT2D eigenvalue weighted by Gasteiger charge is -2.43. The topological polar surface area (TPSA) is 40.5 Å². The van der Waals surface area contributed by atoms with Crippen molar-refractivity contribution in [1.82, 2.24) is 0 Å². The summed E-state index contributed by atoms with van der Waals surface area (Å²) in [6.45, 7) is 15.6. The van der Waals surface area contributed by atoms with E-state index >= 15 is 0 Å². The van der Waals surface area contributed by atoms with E-state index in [1.165, 1.54) is 12.8 Å². The van der Waals surface area contributed by atoms with E-state index in [0.29, 0.717) is 17.3 Å². The van der Waals surface area contributed by atoms with Crippen molar-refractivity contribution < 1.29 is 10.2 Å². The van der Waals surface area contributed by atoms with Gasteiger partial charge in [-0.15, -0.1) is 0 Å². The van der Waals surface area contributed by atoms with Gasteiger partial charge in [0.25, 0.3) is 0 Å². The maximum absolute atomic E-state index is 10.1. The molecule has 0 saturated carbocycles. The lowest BCUT2D eigenvalue weighted by Crippen LogP contribution is -2.40. The molecule has 0 radical (unpaired) electrons. The van der Waals surface area contributed by atoms with E-state index in [1.807, 2.05) is 6.08 Å². The first-order valence-corrected chi connectivity index (χ1v) is 8.04. The number of rotatable bonds is 4. The van der Waals surface area contributed by atoms with Gasteiger partial charge in [-0.1, -0.05) is 54.9 Å². The van der Waals surface area contributed by atoms with Crippen LogP contribution in [0.1, 0.15) is 67.7 Å². The highest BCUT2D eigenvalue weighted by Crippen LogP contribution is 2.45. The van der Waals surface area contributed by atoms with Crippen molar-refractivity contribution >= 4 is 0 Å². The minimum Gasteiger partial charge on any atom is -0.510 e. The quantitative estimate of drug-likeness (QED) is 0.767. The molecule has 4 atom stereocenters. The van der Waals surface area contributed by atoms with Crippen LogP contribution in [0.2, 0.25) is 0 Å². The number of hydrogen-bond acceptors (Lipinski definition) is 2. The lowest BCUT2D eigenvalue weighted by atomic mass is 9.64. The second-order valence-corrected chi connectivity index (χ2v) is 8.75. The molecule has 0 heterocycles. The Morgan fingerprint density at radius 2 is 1.85 bits per heavy atom. The number of aliphatic hydroxyl groups excluding tert-OH is 2. The fourth-order valence-corrected chi connectivity index (χ4v) is 3.99. The Morgan fingerprint density at radius 3 is 2.35 bits per heavy atom. The summed E-state index contributed by atoms with van der Waals surface area (Å²) >= 11 is 0. The summed E-state index contributed by atoms with van der Waals surface area (Å²) < 4.78 is 0. The molecule has 0 aromatic heterocycles. The molecule has 2 nitrogen and oxygen atoms in total. The van der Waals surface area contributed by atoms with Crippen LogP contribution in [-0.4, -0.2) is 16.3 Å². The van der Waals surface area contributed by atoms with Crippen LogP contribution in [0.5, 0.6) is 0 Å². The summed E-state index contributed by atoms with van der Waals surface area (Å²) in [5, 5.41) is 19.9. The van der Waals surface area contributed by atoms with E-state index in [2.05, 4.69) is 48.5 Å². The first kappa shape index (κ1) is 17.6. The SMILES string of the molecule is CC(CCC1C(C)C(O)C(O)=CC1(C)C)CC(C)(C)C. The van der Waals surface area contributed by atoms with E-state index in [-0.39, 0.29) is 17.1 Å². The van der Waals surface area contributed by atoms with Gasteiger partial charge in [0.05, 0.1) is 0 Å². The molecule has 0 fully saturated rings. The van der Waals surface area contributed by atoms with Gasteiger partial charge in [-0.25, -0.2) is 0 Å². The second kappa shape index (κ2) is 6.09. The van der Waals surface area contributed by atoms with Crippen LogP contribution in [0.25, 0.3) is 0 Å². The van der Waals surface area contributed by atoms with Crippen molar-refractivity contribution in [3.8, 4) is 0 Å². The predicted molar refractivity (Wildman–Crippen MR) is 85.6 cm³/mol. The molecule has 118 valence electrons. The Kier molecular flexibility index (Phi) is 5.34. The highest BCUT2D eigenvalue weighted by atomic mass is 16.3. The molecule has 0 saturated heterocycles. The van der Waals surface area contributed by atoms with Gasteiger partial charge in [0.15, 0.2) is 0 Å². The summed E-state index contributed by atoms with van der Waals surface area (Å²) in [6, 6.07) is 0. The molecule has 1 rings (SSSR count). The van der Waals surface area contributed by atoms with E-state index < -0.39 is 6.10 Å². The standard InChI is InChI=1S/C18H34O2/c1-12(10-17(3,4)5)8-9-14-13(2)16(20)15(19)11-18(14,6)7/h11-14,16,19-20H,8-10H2,1-7H3. The Balaban J connectivity index is 2.67. The second-order valence-electron chi connectivity index (χ2n) is 8.75. The van der Waals surface area contributed by atoms with Crippen LogP contribution >= 0.6 is 0 Å². The smallest absolute Gasteiger partial charge is 0.118 e. The van der Waals surface area contributed by atoms with Crippen LogP contribution < -0.4 is 0 Å². The van der Waals surface area contributed by atoms with Gasteiger partial charge in [0, 0.05) is 0 Å². The molecule has 4 unspecified atom stereocenters. The first-order chi connectivity index (χ1) is 8.94. The maximum atomic E-state index is 10.1. The summed E-state index contributed by atoms with van der Waals surface area (Å²) in [6.07, 6.45) is 4.71. The van der Waals surface area contributed by atoms with Gasteiger partial charge in [0.1, 0.15) is 11.9 Å². The molecular weight excluding hydrogens is 248 g/mol. The summed E-state index contributed by atoms with van der Waals surface area (Å²) in [5.41, 5.74) is 0.342. The predicted octanol–water partition coefficient (Wildman–Crippen LogP) is 4.93. The molecule has 20 heavy (non-hydrogen) atoms. The van der Waals surface area contributed by atoms with Crippen LogP contribution in [0.3, 0.4) is 0 Å². The zero-order chi connectivity index (χ0) is 15.7. The Bertz CT molecular complexity index is 349. The summed E-state index contributed by atoms with van der Waals surface area (Å²) in [4.78, 5) is 0. The van der Waals surface area contributed by atoms with Crippen molar-refractivity contribution in [2.75, 3.05) is 0 Å². The van der Waals surface area contributed by atoms with Gasteiger partial charge >= 0.3 is 0 Å². The molecule has 1 aliphatic rings. The van der Waals surface area contributed by atoms with Crippen molar-refractivity contribution in [3.05, 3.63) is 11.8 Å². The van der Waals surface area contributed by atoms with Gasteiger partial charge < -0.3 is 10.2 Å². The third-order valence-electron chi connectivity index (χ3n) is 4.84. The molecular formula is C18H34O2. The van der Waals surface area contributed by atoms with Crippen molar-refractivity contribution in [2.45, 2.75) is 73.8 Å². The van der Waals surface area contributed by atoms with Crippen LogP contribution in [0.15, 0.2) is 11.8 Å². The zero-order valence-electron chi connectivity index (χ0n) is 14.4. The average Bonchev–Trinajstić information content (AvgIpc) is 2.22. The van der Waals surface area contributed by atoms with Gasteiger partial charge in [-0.2, -0.15) is 0 Å². The fourth-order valence-electron chi connectivity index (χ4n) is 3.99. The van der Waals surface area contributed by atoms with E-state index in [0.717, 1.165) is 6.42 Å². The van der Waals surface area contributed by atoms with Crippen molar-refractivity contribution in [3.63, 3.8) is 0 Å². The van der Waals surface area contributed by atoms with Gasteiger partial charge in [-0.05, 0) is 47.5 Å². The third kappa shape index (κ3) is 4.51. The minimum atomic E-state index is -0.689. The van der Waals surface area contributed by atoms with Gasteiger partial charge in [0.2, 0.25) is 0 Å². The van der Waals surface area contributed by atoms with Crippen LogP contribution in [-0.2, 0) is 0 Å². The monoisotopic (exact) mass is 282 g/mol. The molecule has 1 aliphatic carbocycles. The number of aliphatic hydroxyl groups is 2. The summed E-state index contributed by atoms with van der Waals surface area (Å²) in [7, 11) is 0. The molecule has 2 heteroatoms. The number of hydrogen-bond donors (Lipinski definition) is 2.